The van der Waals surface area contributed by atoms with Gasteiger partial charge in [-0.2, -0.15) is 0 Å². The Labute approximate surface area is 189 Å². The molecule has 0 unspecified atom stereocenters. The van der Waals surface area contributed by atoms with E-state index in [1.165, 1.54) is 14.2 Å². The predicted molar refractivity (Wildman–Crippen MR) is 121 cm³/mol. The Kier molecular flexibility index (Phi) is 6.58. The lowest BCUT2D eigenvalue weighted by atomic mass is 9.68. The maximum absolute atomic E-state index is 13.4. The van der Waals surface area contributed by atoms with E-state index < -0.39 is 11.9 Å². The van der Waals surface area contributed by atoms with Crippen LogP contribution in [0.4, 0.5) is 0 Å². The number of benzene rings is 1. The molecule has 0 saturated heterocycles. The summed E-state index contributed by atoms with van der Waals surface area (Å²) in [5.74, 6) is 0.232. The largest absolute Gasteiger partial charge is 0.493 e. The molecule has 1 aliphatic carbocycles. The molecule has 3 rings (SSSR count). The van der Waals surface area contributed by atoms with Crippen molar-refractivity contribution < 1.29 is 28.5 Å². The summed E-state index contributed by atoms with van der Waals surface area (Å²) in [6.07, 6.45) is 0.793. The molecule has 0 radical (unpaired) electrons. The van der Waals surface area contributed by atoms with E-state index in [2.05, 4.69) is 19.2 Å². The zero-order valence-electron chi connectivity index (χ0n) is 20.2. The monoisotopic (exact) mass is 443 g/mol. The lowest BCUT2D eigenvalue weighted by molar-refractivity contribution is -0.143. The van der Waals surface area contributed by atoms with Gasteiger partial charge in [0.1, 0.15) is 0 Å². The van der Waals surface area contributed by atoms with Crippen LogP contribution in [0.15, 0.2) is 34.7 Å². The number of carbonyl (C=O) groups excluding carboxylic acids is 2. The summed E-state index contributed by atoms with van der Waals surface area (Å²) in [6, 6.07) is 3.58. The van der Waals surface area contributed by atoms with E-state index >= 15 is 0 Å². The molecule has 1 heterocycles. The Balaban J connectivity index is 2.30. The fraction of sp³-hybridized carbons (Fsp3) is 0.520. The molecule has 0 spiro atoms. The highest BCUT2D eigenvalue weighted by Gasteiger charge is 2.44. The molecule has 0 amide bonds. The quantitative estimate of drug-likeness (QED) is 0.658. The SMILES string of the molecule is COc1ccc([C@@H]2C(C(=O)OC(C)C)=C(C)NC3=C2C(=O)CC(C)(C)C3)c(OC)c1OC. The van der Waals surface area contributed by atoms with E-state index in [1.54, 1.807) is 27.0 Å². The summed E-state index contributed by atoms with van der Waals surface area (Å²) in [6.45, 7) is 9.59. The van der Waals surface area contributed by atoms with Crippen LogP contribution in [0.25, 0.3) is 0 Å². The van der Waals surface area contributed by atoms with E-state index in [-0.39, 0.29) is 17.3 Å². The standard InChI is InChI=1S/C25H33NO6/c1-13(2)32-24(28)19-14(3)26-16-11-25(4,5)12-17(27)21(16)20(19)15-9-10-18(29-6)23(31-8)22(15)30-7/h9-10,13,20,26H,11-12H2,1-8H3/t20-/m1/s1. The number of hydrogen-bond acceptors (Lipinski definition) is 7. The molecule has 1 N–H and O–H groups in total. The van der Waals surface area contributed by atoms with Crippen molar-refractivity contribution in [3.8, 4) is 17.2 Å². The van der Waals surface area contributed by atoms with Crippen molar-refractivity contribution in [3.63, 3.8) is 0 Å². The highest BCUT2D eigenvalue weighted by atomic mass is 16.5. The normalized spacial score (nSPS) is 20.0. The van der Waals surface area contributed by atoms with Crippen molar-refractivity contribution in [1.82, 2.24) is 5.32 Å². The van der Waals surface area contributed by atoms with E-state index in [4.69, 9.17) is 18.9 Å². The first kappa shape index (κ1) is 23.7. The fourth-order valence-corrected chi connectivity index (χ4v) is 4.65. The maximum Gasteiger partial charge on any atom is 0.337 e. The van der Waals surface area contributed by atoms with Crippen molar-refractivity contribution >= 4 is 11.8 Å². The number of methoxy groups -OCH3 is 3. The molecule has 1 aromatic rings. The second-order valence-electron chi connectivity index (χ2n) is 9.31. The van der Waals surface area contributed by atoms with Crippen molar-refractivity contribution in [2.45, 2.75) is 59.5 Å². The average Bonchev–Trinajstić information content (AvgIpc) is 2.69. The number of carbonyl (C=O) groups is 2. The third kappa shape index (κ3) is 4.20. The van der Waals surface area contributed by atoms with E-state index in [1.807, 2.05) is 13.0 Å². The second kappa shape index (κ2) is 8.88. The number of esters is 1. The molecule has 0 fully saturated rings. The minimum absolute atomic E-state index is 0.00735. The van der Waals surface area contributed by atoms with Gasteiger partial charge in [-0.25, -0.2) is 4.79 Å². The summed E-state index contributed by atoms with van der Waals surface area (Å²) in [7, 11) is 4.61. The van der Waals surface area contributed by atoms with Crippen molar-refractivity contribution in [2.24, 2.45) is 5.41 Å². The smallest absolute Gasteiger partial charge is 0.337 e. The first-order chi connectivity index (χ1) is 15.0. The predicted octanol–water partition coefficient (Wildman–Crippen LogP) is 4.27. The van der Waals surface area contributed by atoms with Crippen LogP contribution >= 0.6 is 0 Å². The Bertz CT molecular complexity index is 1000. The van der Waals surface area contributed by atoms with Crippen LogP contribution in [0.5, 0.6) is 17.2 Å². The second-order valence-corrected chi connectivity index (χ2v) is 9.31. The zero-order chi connectivity index (χ0) is 23.8. The van der Waals surface area contributed by atoms with Crippen molar-refractivity contribution in [1.29, 1.82) is 0 Å². The molecule has 0 bridgehead atoms. The van der Waals surface area contributed by atoms with Crippen molar-refractivity contribution in [2.75, 3.05) is 21.3 Å². The third-order valence-electron chi connectivity index (χ3n) is 5.85. The van der Waals surface area contributed by atoms with E-state index in [9.17, 15) is 9.59 Å². The van der Waals surface area contributed by atoms with E-state index in [0.29, 0.717) is 52.5 Å². The highest BCUT2D eigenvalue weighted by Crippen LogP contribution is 2.51. The van der Waals surface area contributed by atoms with Gasteiger partial charge in [-0.1, -0.05) is 19.9 Å². The van der Waals surface area contributed by atoms with Crippen LogP contribution in [-0.4, -0.2) is 39.2 Å². The maximum atomic E-state index is 13.4. The first-order valence-corrected chi connectivity index (χ1v) is 10.8. The topological polar surface area (TPSA) is 83.1 Å². The summed E-state index contributed by atoms with van der Waals surface area (Å²) >= 11 is 0. The summed E-state index contributed by atoms with van der Waals surface area (Å²) in [5.41, 5.74) is 2.97. The average molecular weight is 444 g/mol. The molecule has 7 nitrogen and oxygen atoms in total. The first-order valence-electron chi connectivity index (χ1n) is 10.8. The molecule has 1 aliphatic heterocycles. The third-order valence-corrected chi connectivity index (χ3v) is 5.85. The molecule has 1 atom stereocenters. The molecule has 1 aromatic carbocycles. The van der Waals surface area contributed by atoms with Crippen LogP contribution in [0.3, 0.4) is 0 Å². The zero-order valence-corrected chi connectivity index (χ0v) is 20.2. The lowest BCUT2D eigenvalue weighted by Crippen LogP contribution is -2.39. The van der Waals surface area contributed by atoms with Gasteiger partial charge in [0.25, 0.3) is 0 Å². The molecule has 7 heteroatoms. The van der Waals surface area contributed by atoms with Gasteiger partial charge in [0.2, 0.25) is 5.75 Å². The van der Waals surface area contributed by atoms with Gasteiger partial charge in [-0.15, -0.1) is 0 Å². The highest BCUT2D eigenvalue weighted by molar-refractivity contribution is 6.04. The Morgan fingerprint density at radius 1 is 1.06 bits per heavy atom. The van der Waals surface area contributed by atoms with Crippen LogP contribution < -0.4 is 19.5 Å². The minimum atomic E-state index is -0.643. The van der Waals surface area contributed by atoms with Gasteiger partial charge in [-0.05, 0) is 38.7 Å². The van der Waals surface area contributed by atoms with Crippen LogP contribution in [0.2, 0.25) is 0 Å². The number of ether oxygens (including phenoxy) is 4. The summed E-state index contributed by atoms with van der Waals surface area (Å²) in [5, 5.41) is 3.34. The van der Waals surface area contributed by atoms with Crippen molar-refractivity contribution in [3.05, 3.63) is 40.2 Å². The van der Waals surface area contributed by atoms with E-state index in [0.717, 1.165) is 5.70 Å². The van der Waals surface area contributed by atoms with Crippen LogP contribution in [0, 0.1) is 5.41 Å². The summed E-state index contributed by atoms with van der Waals surface area (Å²) in [4.78, 5) is 26.7. The number of ketones is 1. The number of Topliss-reactive ketones (excluding diaryl/α,β-unsaturated/α-hetero) is 1. The molecular formula is C25H33NO6. The van der Waals surface area contributed by atoms with Crippen LogP contribution in [0.1, 0.15) is 58.9 Å². The minimum Gasteiger partial charge on any atom is -0.493 e. The Morgan fingerprint density at radius 2 is 1.72 bits per heavy atom. The molecule has 0 saturated carbocycles. The molecule has 2 aliphatic rings. The summed E-state index contributed by atoms with van der Waals surface area (Å²) < 4.78 is 22.3. The lowest BCUT2D eigenvalue weighted by Gasteiger charge is -2.39. The van der Waals surface area contributed by atoms with Gasteiger partial charge < -0.3 is 24.3 Å². The number of allylic oxidation sites excluding steroid dienone is 3. The Hall–Kier alpha value is -2.96. The molecule has 174 valence electrons. The van der Waals surface area contributed by atoms with Crippen LogP contribution in [-0.2, 0) is 14.3 Å². The number of nitrogens with one attached hydrogen (secondary N) is 1. The van der Waals surface area contributed by atoms with Gasteiger partial charge in [0.15, 0.2) is 17.3 Å². The van der Waals surface area contributed by atoms with Gasteiger partial charge >= 0.3 is 5.97 Å². The van der Waals surface area contributed by atoms with Gasteiger partial charge in [0, 0.05) is 29.0 Å². The molecule has 32 heavy (non-hydrogen) atoms. The van der Waals surface area contributed by atoms with Gasteiger partial charge in [0.05, 0.1) is 38.9 Å². The molecular weight excluding hydrogens is 410 g/mol. The fourth-order valence-electron chi connectivity index (χ4n) is 4.65. The Morgan fingerprint density at radius 3 is 2.28 bits per heavy atom. The number of dihydropyridines is 1. The van der Waals surface area contributed by atoms with Gasteiger partial charge in [-0.3, -0.25) is 4.79 Å². The number of rotatable bonds is 6. The number of hydrogen-bond donors (Lipinski definition) is 1. The molecule has 0 aromatic heterocycles.